The van der Waals surface area contributed by atoms with Gasteiger partial charge in [-0.05, 0) is 6.92 Å². The number of carbonyl (C=O) groups is 4. The van der Waals surface area contributed by atoms with Crippen molar-refractivity contribution < 1.29 is 222 Å². The smallest absolute Gasteiger partial charge is 0.217 e. The number of ether oxygens (including phenoxy) is 17. The van der Waals surface area contributed by atoms with Gasteiger partial charge in [0, 0.05) is 27.7 Å². The first-order valence-corrected chi connectivity index (χ1v) is 35.5. The van der Waals surface area contributed by atoms with Crippen molar-refractivity contribution in [3.05, 3.63) is 0 Å². The second kappa shape index (κ2) is 39.7. The van der Waals surface area contributed by atoms with Crippen LogP contribution in [0, 0.1) is 0 Å². The summed E-state index contributed by atoms with van der Waals surface area (Å²) in [5.74, 6) is -3.59. The van der Waals surface area contributed by atoms with Crippen molar-refractivity contribution >= 4 is 23.6 Å². The first-order chi connectivity index (χ1) is 52.4. The van der Waals surface area contributed by atoms with E-state index in [1.54, 1.807) is 0 Å². The summed E-state index contributed by atoms with van der Waals surface area (Å²) in [6, 6.07) is -7.39. The Labute approximate surface area is 629 Å². The fourth-order valence-corrected chi connectivity index (χ4v) is 14.3. The molecule has 0 aromatic rings. The Balaban J connectivity index is 1.05. The van der Waals surface area contributed by atoms with E-state index in [-0.39, 0.29) is 0 Å². The van der Waals surface area contributed by atoms with Gasteiger partial charge in [-0.3, -0.25) is 19.2 Å². The zero-order valence-electron chi connectivity index (χ0n) is 59.9. The third-order valence-electron chi connectivity index (χ3n) is 20.3. The van der Waals surface area contributed by atoms with E-state index >= 15 is 0 Å². The minimum absolute atomic E-state index is 0.827. The zero-order chi connectivity index (χ0) is 81.8. The second-order valence-corrected chi connectivity index (χ2v) is 28.2. The summed E-state index contributed by atoms with van der Waals surface area (Å²) in [5, 5.41) is 276. The highest BCUT2D eigenvalue weighted by Crippen LogP contribution is 2.40. The van der Waals surface area contributed by atoms with Gasteiger partial charge in [0.2, 0.25) is 23.6 Å². The van der Waals surface area contributed by atoms with Crippen LogP contribution in [0.3, 0.4) is 0 Å². The van der Waals surface area contributed by atoms with E-state index in [2.05, 4.69) is 21.3 Å². The average molecular weight is 1630 g/mol. The van der Waals surface area contributed by atoms with Crippen molar-refractivity contribution in [1.29, 1.82) is 0 Å². The lowest BCUT2D eigenvalue weighted by Crippen LogP contribution is -2.71. The Morgan fingerprint density at radius 3 is 1.03 bits per heavy atom. The van der Waals surface area contributed by atoms with Crippen LogP contribution in [0.4, 0.5) is 0 Å². The first-order valence-electron chi connectivity index (χ1n) is 35.5. The van der Waals surface area contributed by atoms with Crippen molar-refractivity contribution in [2.24, 2.45) is 0 Å². The molecule has 0 saturated carbocycles. The van der Waals surface area contributed by atoms with Crippen LogP contribution in [0.1, 0.15) is 34.6 Å². The van der Waals surface area contributed by atoms with Gasteiger partial charge < -0.3 is 224 Å². The Bertz CT molecular complexity index is 2950. The SMILES string of the molecule is CC(=O)N[C@@H]1[C@H](O[C@@H]2[C@@H](O[C@@H]3[C@H](O)[C@@H](O[C@H]4[C@H](O)[C@@H](NC(C)=O)[C@H](O[C@H]5[C@H](O)[C@@H](NC(C)=O)[C@H](O)O[C@@H]5CO[C@H]5O[C@@H](C)[C@@H](O)[C@@H](O)[C@@H]5O)O[C@@H]4CO)O[C@H](CO[C@H]4O[C@H](CO)[C@@H](O)[C@H](O)[C@@H]4O[C@@H]4O[C@H](CO)[C@@H](O[C@H]5O[C@H](CO)[C@H](O)[C@H](O)[C@H]5O)[C@H](O)[C@H]4NC(C)=O)[C@H]3O)O[C@H](CO)[C@@H](O)[C@@H]2O)O[C@H](CO)[C@@H](O)[C@@H]1O. The quantitative estimate of drug-likeness (QED) is 0.0346. The minimum Gasteiger partial charge on any atom is -0.394 e. The highest BCUT2D eigenvalue weighted by molar-refractivity contribution is 5.74. The zero-order valence-corrected chi connectivity index (χ0v) is 59.9. The molecule has 0 radical (unpaired) electrons. The van der Waals surface area contributed by atoms with Crippen molar-refractivity contribution in [3.8, 4) is 0 Å². The molecule has 45 atom stereocenters. The molecule has 111 heavy (non-hydrogen) atoms. The molecule has 49 nitrogen and oxygen atoms in total. The second-order valence-electron chi connectivity index (χ2n) is 28.2. The highest BCUT2D eigenvalue weighted by atomic mass is 16.8. The average Bonchev–Trinajstić information content (AvgIpc) is 0.768. The van der Waals surface area contributed by atoms with E-state index in [1.807, 2.05) is 0 Å². The van der Waals surface area contributed by atoms with E-state index in [0.29, 0.717) is 0 Å². The van der Waals surface area contributed by atoms with Crippen LogP contribution in [0.5, 0.6) is 0 Å². The lowest BCUT2D eigenvalue weighted by Gasteiger charge is -2.51. The van der Waals surface area contributed by atoms with E-state index < -0.39 is 353 Å². The molecule has 9 aliphatic heterocycles. The van der Waals surface area contributed by atoms with Gasteiger partial charge in [-0.1, -0.05) is 0 Å². The number of aliphatic hydroxyl groups is 24. The number of hydrogen-bond acceptors (Lipinski definition) is 45. The number of nitrogens with one attached hydrogen (secondary N) is 4. The van der Waals surface area contributed by atoms with Crippen molar-refractivity contribution in [1.82, 2.24) is 21.3 Å². The van der Waals surface area contributed by atoms with Crippen LogP contribution in [0.2, 0.25) is 0 Å². The standard InChI is InChI=1S/C62H104N4O45/c1-14-31(77)41(87)45(91)58(97-14)95-13-26-50(38(84)27(54(94)98-26)63-15(2)73)106-56-29(65-17(4)75)39(85)49(24(11-72)103-56)108-60-47(93)51(109-62-53(44(90)35(81)22(9-70)102-62)111-55-28(64-16(3)74)37(83)32(78)19(6-67)99-55)36(82)25(105-60)12-96-61-52(43(89)34(80)21(8-69)101-61)110-57-30(66-18(5)76)40(86)48(23(10-71)104-57)107-59-46(92)42(88)33(79)20(7-68)100-59/h14,19-62,67-72,77-94H,6-13H2,1-5H3,(H,63,73)(H,64,74)(H,65,75)(H,66,76)/t14-,19+,20+,21+,22+,23+,24+,25+,26+,27+,28-,29+,30+,31+,32+,33-,34+,35+,36+,37+,38+,39+,40+,41+,42-,43-,44-,45-,46+,47-,48+,49+,50+,51-,52-,53-,54+,55-,56-,57-,58-,59+,60+,61-,62+/m0/s1. The highest BCUT2D eigenvalue weighted by Gasteiger charge is 2.61. The molecular formula is C62H104N4O45. The number of aliphatic hydroxyl groups excluding tert-OH is 24. The summed E-state index contributed by atoms with van der Waals surface area (Å²) in [7, 11) is 0. The summed E-state index contributed by atoms with van der Waals surface area (Å²) in [6.45, 7) is -3.36. The molecule has 0 spiro atoms. The van der Waals surface area contributed by atoms with Crippen LogP contribution in [0.15, 0.2) is 0 Å². The molecule has 0 aromatic heterocycles. The fraction of sp³-hybridized carbons (Fsp3) is 0.935. The number of hydrogen-bond donors (Lipinski definition) is 28. The van der Waals surface area contributed by atoms with Gasteiger partial charge in [0.05, 0.1) is 59.0 Å². The first kappa shape index (κ1) is 91.1. The Hall–Kier alpha value is -3.76. The van der Waals surface area contributed by atoms with Gasteiger partial charge in [-0.25, -0.2) is 0 Å². The normalized spacial score (nSPS) is 49.3. The van der Waals surface area contributed by atoms with Crippen molar-refractivity contribution in [2.45, 2.75) is 311 Å². The minimum atomic E-state index is -2.55. The Kier molecular flexibility index (Phi) is 32.6. The van der Waals surface area contributed by atoms with Crippen molar-refractivity contribution in [2.75, 3.05) is 52.9 Å². The van der Waals surface area contributed by atoms with Gasteiger partial charge >= 0.3 is 0 Å². The molecule has 9 heterocycles. The van der Waals surface area contributed by atoms with Gasteiger partial charge in [-0.15, -0.1) is 0 Å². The molecule has 642 valence electrons. The van der Waals surface area contributed by atoms with E-state index in [0.717, 1.165) is 27.7 Å². The van der Waals surface area contributed by atoms with E-state index in [4.69, 9.17) is 80.5 Å². The van der Waals surface area contributed by atoms with Gasteiger partial charge in [-0.2, -0.15) is 0 Å². The summed E-state index contributed by atoms with van der Waals surface area (Å²) in [4.78, 5) is 50.9. The van der Waals surface area contributed by atoms with Gasteiger partial charge in [0.25, 0.3) is 0 Å². The summed E-state index contributed by atoms with van der Waals surface area (Å²) in [5.41, 5.74) is 0. The van der Waals surface area contributed by atoms with Gasteiger partial charge in [0.1, 0.15) is 213 Å². The molecule has 28 N–H and O–H groups in total. The lowest BCUT2D eigenvalue weighted by molar-refractivity contribution is -0.396. The molecule has 0 unspecified atom stereocenters. The maximum Gasteiger partial charge on any atom is 0.217 e. The third kappa shape index (κ3) is 20.3. The molecule has 0 aromatic carbocycles. The van der Waals surface area contributed by atoms with Gasteiger partial charge in [0.15, 0.2) is 56.6 Å². The lowest BCUT2D eigenvalue weighted by atomic mass is 9.93. The van der Waals surface area contributed by atoms with E-state index in [9.17, 15) is 142 Å². The monoisotopic (exact) mass is 1620 g/mol. The summed E-state index contributed by atoms with van der Waals surface area (Å²) < 4.78 is 101. The number of rotatable bonds is 28. The van der Waals surface area contributed by atoms with Crippen LogP contribution in [-0.2, 0) is 99.7 Å². The molecule has 0 bridgehead atoms. The fourth-order valence-electron chi connectivity index (χ4n) is 14.3. The molecule has 9 saturated heterocycles. The predicted octanol–water partition coefficient (Wildman–Crippen LogP) is -19.0. The molecule has 9 fully saturated rings. The predicted molar refractivity (Wildman–Crippen MR) is 342 cm³/mol. The summed E-state index contributed by atoms with van der Waals surface area (Å²) >= 11 is 0. The Morgan fingerprint density at radius 1 is 0.252 bits per heavy atom. The molecular weight excluding hydrogens is 1520 g/mol. The maximum atomic E-state index is 13.2. The number of amides is 4. The molecule has 0 aliphatic carbocycles. The molecule has 9 aliphatic rings. The maximum absolute atomic E-state index is 13.2. The number of carbonyl (C=O) groups excluding carboxylic acids is 4. The van der Waals surface area contributed by atoms with E-state index in [1.165, 1.54) is 6.92 Å². The van der Waals surface area contributed by atoms with Crippen molar-refractivity contribution in [3.63, 3.8) is 0 Å². The topological polar surface area (TPSA) is 759 Å². The molecule has 9 rings (SSSR count). The van der Waals surface area contributed by atoms with Crippen LogP contribution < -0.4 is 21.3 Å². The third-order valence-corrected chi connectivity index (χ3v) is 20.3. The largest absolute Gasteiger partial charge is 0.394 e. The molecule has 4 amide bonds. The molecule has 49 heteroatoms. The van der Waals surface area contributed by atoms with Crippen LogP contribution in [0.25, 0.3) is 0 Å². The van der Waals surface area contributed by atoms with Crippen LogP contribution in [-0.4, -0.2) is 475 Å². The van der Waals surface area contributed by atoms with Crippen LogP contribution >= 0.6 is 0 Å². The summed E-state index contributed by atoms with van der Waals surface area (Å²) in [6.07, 6.45) is -83.2. The Morgan fingerprint density at radius 2 is 0.559 bits per heavy atom.